The van der Waals surface area contributed by atoms with Gasteiger partial charge < -0.3 is 10.0 Å². The second-order valence-electron chi connectivity index (χ2n) is 5.38. The van der Waals surface area contributed by atoms with Crippen LogP contribution in [0, 0.1) is 5.92 Å². The average molecular weight is 218 g/mol. The number of hydrogen-bond acceptors (Lipinski definition) is 1. The van der Waals surface area contributed by atoms with Gasteiger partial charge in [-0.1, -0.05) is 30.3 Å². The Morgan fingerprint density at radius 1 is 1.19 bits per heavy atom. The lowest BCUT2D eigenvalue weighted by molar-refractivity contribution is -0.957. The molecule has 1 unspecified atom stereocenters. The number of piperidine rings is 2. The number of benzene rings is 1. The van der Waals surface area contributed by atoms with Crippen molar-refractivity contribution >= 4 is 0 Å². The lowest BCUT2D eigenvalue weighted by Crippen LogP contribution is -3.18. The molecule has 4 rings (SSSR count). The van der Waals surface area contributed by atoms with E-state index in [4.69, 9.17) is 0 Å². The van der Waals surface area contributed by atoms with Gasteiger partial charge in [0, 0.05) is 17.9 Å². The fraction of sp³-hybridized carbons (Fsp3) is 0.571. The number of hydrogen-bond donors (Lipinski definition) is 2. The molecule has 2 heteroatoms. The molecule has 0 radical (unpaired) electrons. The molecule has 0 amide bonds. The maximum atomic E-state index is 10.0. The summed E-state index contributed by atoms with van der Waals surface area (Å²) in [5.74, 6) is 0.763. The van der Waals surface area contributed by atoms with Gasteiger partial charge in [-0.05, 0) is 12.8 Å². The lowest BCUT2D eigenvalue weighted by atomic mass is 9.78. The predicted octanol–water partition coefficient (Wildman–Crippen LogP) is 0.615. The van der Waals surface area contributed by atoms with Crippen molar-refractivity contribution in [2.75, 3.05) is 6.54 Å². The highest BCUT2D eigenvalue weighted by molar-refractivity contribution is 5.13. The third-order valence-corrected chi connectivity index (χ3v) is 4.27. The summed E-state index contributed by atoms with van der Waals surface area (Å²) in [6, 6.07) is 11.2. The monoisotopic (exact) mass is 218 g/mol. The largest absolute Gasteiger partial charge is 0.387 e. The summed E-state index contributed by atoms with van der Waals surface area (Å²) in [6.45, 7) is 2.34. The highest BCUT2D eigenvalue weighted by Crippen LogP contribution is 2.26. The summed E-state index contributed by atoms with van der Waals surface area (Å²) < 4.78 is 0. The summed E-state index contributed by atoms with van der Waals surface area (Å²) in [6.07, 6.45) is 3.54. The molecule has 3 fully saturated rings. The Balaban J connectivity index is 1.72. The van der Waals surface area contributed by atoms with Gasteiger partial charge in [0.25, 0.3) is 0 Å². The van der Waals surface area contributed by atoms with Crippen molar-refractivity contribution in [2.45, 2.75) is 38.0 Å². The molecule has 0 aromatic heterocycles. The first-order chi connectivity index (χ1) is 7.83. The van der Waals surface area contributed by atoms with Crippen LogP contribution < -0.4 is 4.90 Å². The zero-order chi connectivity index (χ0) is 11.0. The topological polar surface area (TPSA) is 24.7 Å². The van der Waals surface area contributed by atoms with Crippen LogP contribution in [0.5, 0.6) is 0 Å². The minimum Gasteiger partial charge on any atom is -0.387 e. The lowest BCUT2D eigenvalue weighted by Gasteiger charge is -2.45. The van der Waals surface area contributed by atoms with Crippen molar-refractivity contribution in [1.82, 2.24) is 0 Å². The minimum atomic E-state index is -0.0498. The van der Waals surface area contributed by atoms with Crippen molar-refractivity contribution in [2.24, 2.45) is 5.92 Å². The maximum absolute atomic E-state index is 10.0. The number of aliphatic hydroxyl groups is 1. The summed E-state index contributed by atoms with van der Waals surface area (Å²) in [4.78, 5) is 1.60. The first-order valence-electron chi connectivity index (χ1n) is 6.39. The number of nitrogens with one attached hydrogen (secondary N) is 1. The fourth-order valence-corrected chi connectivity index (χ4v) is 3.48. The molecule has 86 valence electrons. The molecule has 2 saturated heterocycles. The summed E-state index contributed by atoms with van der Waals surface area (Å²) >= 11 is 0. The van der Waals surface area contributed by atoms with Gasteiger partial charge in [0.05, 0.1) is 6.54 Å². The van der Waals surface area contributed by atoms with E-state index < -0.39 is 0 Å². The van der Waals surface area contributed by atoms with Crippen LogP contribution in [0.25, 0.3) is 0 Å². The first kappa shape index (κ1) is 10.3. The first-order valence-corrected chi connectivity index (χ1v) is 6.39. The molecule has 1 aromatic carbocycles. The van der Waals surface area contributed by atoms with Crippen molar-refractivity contribution in [3.05, 3.63) is 35.9 Å². The second kappa shape index (κ2) is 4.19. The quantitative estimate of drug-likeness (QED) is 0.747. The molecule has 3 aliphatic rings. The van der Waals surface area contributed by atoms with Crippen molar-refractivity contribution in [3.8, 4) is 0 Å². The third kappa shape index (κ3) is 1.87. The molecule has 16 heavy (non-hydrogen) atoms. The van der Waals surface area contributed by atoms with Crippen LogP contribution in [0.2, 0.25) is 0 Å². The van der Waals surface area contributed by atoms with Crippen LogP contribution in [0.4, 0.5) is 0 Å². The summed E-state index contributed by atoms with van der Waals surface area (Å²) in [5.41, 5.74) is 1.40. The second-order valence-corrected chi connectivity index (χ2v) is 5.38. The molecule has 2 N–H and O–H groups in total. The Bertz CT molecular complexity index is 351. The SMILES string of the molecule is O[C@H]1C[C@@H]2CC[C@H]1[NH+](Cc1ccccc1)C2. The summed E-state index contributed by atoms with van der Waals surface area (Å²) in [7, 11) is 0. The van der Waals surface area contributed by atoms with E-state index in [2.05, 4.69) is 30.3 Å². The van der Waals surface area contributed by atoms with Gasteiger partial charge in [-0.2, -0.15) is 0 Å². The highest BCUT2D eigenvalue weighted by Gasteiger charge is 2.43. The van der Waals surface area contributed by atoms with Gasteiger partial charge in [0.15, 0.2) is 0 Å². The Morgan fingerprint density at radius 3 is 2.69 bits per heavy atom. The number of fused-ring (bicyclic) bond motifs is 3. The molecule has 1 aliphatic carbocycles. The number of quaternary nitrogens is 1. The maximum Gasteiger partial charge on any atom is 0.114 e. The molecule has 2 aliphatic heterocycles. The molecule has 2 nitrogen and oxygen atoms in total. The van der Waals surface area contributed by atoms with E-state index in [1.165, 1.54) is 24.9 Å². The van der Waals surface area contributed by atoms with E-state index in [9.17, 15) is 5.11 Å². The van der Waals surface area contributed by atoms with Crippen LogP contribution >= 0.6 is 0 Å². The third-order valence-electron chi connectivity index (χ3n) is 4.27. The smallest absolute Gasteiger partial charge is 0.114 e. The van der Waals surface area contributed by atoms with Crippen molar-refractivity contribution < 1.29 is 10.0 Å². The van der Waals surface area contributed by atoms with E-state index in [-0.39, 0.29) is 6.10 Å². The molecule has 2 bridgehead atoms. The molecule has 2 heterocycles. The van der Waals surface area contributed by atoms with Crippen LogP contribution in [0.15, 0.2) is 30.3 Å². The van der Waals surface area contributed by atoms with E-state index in [1.807, 2.05) is 0 Å². The minimum absolute atomic E-state index is 0.0498. The van der Waals surface area contributed by atoms with Crippen molar-refractivity contribution in [1.29, 1.82) is 0 Å². The zero-order valence-corrected chi connectivity index (χ0v) is 9.60. The molecule has 0 spiro atoms. The molecule has 4 atom stereocenters. The van der Waals surface area contributed by atoms with Gasteiger partial charge in [-0.3, -0.25) is 0 Å². The Kier molecular flexibility index (Phi) is 2.70. The van der Waals surface area contributed by atoms with Crippen LogP contribution in [-0.2, 0) is 6.54 Å². The Morgan fingerprint density at radius 2 is 2.00 bits per heavy atom. The highest BCUT2D eigenvalue weighted by atomic mass is 16.3. The van der Waals surface area contributed by atoms with Crippen molar-refractivity contribution in [3.63, 3.8) is 0 Å². The molecule has 1 saturated carbocycles. The standard InChI is InChI=1S/C14H19NO/c16-14-8-12-6-7-13(14)15(10-12)9-11-4-2-1-3-5-11/h1-5,12-14,16H,6-10H2/p+1/t12-,13+,14-/m0/s1. The fourth-order valence-electron chi connectivity index (χ4n) is 3.48. The van der Waals surface area contributed by atoms with E-state index in [0.29, 0.717) is 6.04 Å². The summed E-state index contributed by atoms with van der Waals surface area (Å²) in [5, 5.41) is 10.0. The van der Waals surface area contributed by atoms with Gasteiger partial charge >= 0.3 is 0 Å². The van der Waals surface area contributed by atoms with E-state index in [0.717, 1.165) is 18.9 Å². The Hall–Kier alpha value is -0.860. The Labute approximate surface area is 96.9 Å². The van der Waals surface area contributed by atoms with E-state index >= 15 is 0 Å². The van der Waals surface area contributed by atoms with Crippen LogP contribution in [-0.4, -0.2) is 23.8 Å². The normalized spacial score (nSPS) is 37.6. The molecular formula is C14H20NO+. The van der Waals surface area contributed by atoms with E-state index in [1.54, 1.807) is 4.90 Å². The molecule has 1 aromatic rings. The predicted molar refractivity (Wildman–Crippen MR) is 63.1 cm³/mol. The van der Waals surface area contributed by atoms with Crippen LogP contribution in [0.3, 0.4) is 0 Å². The van der Waals surface area contributed by atoms with Gasteiger partial charge in [0.1, 0.15) is 18.7 Å². The number of rotatable bonds is 2. The zero-order valence-electron chi connectivity index (χ0n) is 9.60. The van der Waals surface area contributed by atoms with Gasteiger partial charge in [-0.15, -0.1) is 0 Å². The number of aliphatic hydroxyl groups excluding tert-OH is 1. The molecular weight excluding hydrogens is 198 g/mol. The van der Waals surface area contributed by atoms with Gasteiger partial charge in [0.2, 0.25) is 0 Å². The van der Waals surface area contributed by atoms with Gasteiger partial charge in [-0.25, -0.2) is 0 Å². The average Bonchev–Trinajstić information content (AvgIpc) is 2.30. The van der Waals surface area contributed by atoms with Crippen LogP contribution in [0.1, 0.15) is 24.8 Å².